The zero-order chi connectivity index (χ0) is 40.1. The van der Waals surface area contributed by atoms with Crippen molar-refractivity contribution < 1.29 is 38.8 Å². The molecular formula is C43H57N7O8. The summed E-state index contributed by atoms with van der Waals surface area (Å²) in [6.45, 7) is 7.32. The molecule has 0 bridgehead atoms. The number of carbonyl (C=O) groups excluding carboxylic acids is 3. The van der Waals surface area contributed by atoms with Gasteiger partial charge in [0.25, 0.3) is 11.8 Å². The Morgan fingerprint density at radius 2 is 1.90 bits per heavy atom. The molecule has 3 aromatic rings. The number of phenolic OH excluding ortho intramolecular Hbond substituents is 1. The van der Waals surface area contributed by atoms with Crippen molar-refractivity contribution in [1.82, 2.24) is 29.8 Å². The minimum absolute atomic E-state index is 0.00706. The summed E-state index contributed by atoms with van der Waals surface area (Å²) in [6, 6.07) is 13.8. The highest BCUT2D eigenvalue weighted by molar-refractivity contribution is 5.97. The predicted molar refractivity (Wildman–Crippen MR) is 214 cm³/mol. The summed E-state index contributed by atoms with van der Waals surface area (Å²) < 4.78 is 19.7. The van der Waals surface area contributed by atoms with Crippen molar-refractivity contribution >= 4 is 23.4 Å². The third-order valence-corrected chi connectivity index (χ3v) is 12.0. The van der Waals surface area contributed by atoms with E-state index in [-0.39, 0.29) is 59.7 Å². The van der Waals surface area contributed by atoms with Gasteiger partial charge in [0.05, 0.1) is 44.5 Å². The minimum Gasteiger partial charge on any atom is -0.506 e. The van der Waals surface area contributed by atoms with E-state index in [9.17, 15) is 24.6 Å². The lowest BCUT2D eigenvalue weighted by Gasteiger charge is -2.47. The number of aromatic hydroxyl groups is 1. The number of aromatic nitrogens is 2. The van der Waals surface area contributed by atoms with E-state index < -0.39 is 6.10 Å². The molecule has 2 saturated heterocycles. The van der Waals surface area contributed by atoms with E-state index in [1.165, 1.54) is 30.0 Å². The smallest absolute Gasteiger partial charge is 0.274 e. The topological polar surface area (TPSA) is 171 Å². The Morgan fingerprint density at radius 3 is 2.71 bits per heavy atom. The van der Waals surface area contributed by atoms with Gasteiger partial charge in [0.2, 0.25) is 5.91 Å². The first-order valence-electron chi connectivity index (χ1n) is 21.0. The molecule has 3 aliphatic heterocycles. The van der Waals surface area contributed by atoms with Gasteiger partial charge in [-0.25, -0.2) is 0 Å². The number of benzene rings is 2. The lowest BCUT2D eigenvalue weighted by molar-refractivity contribution is -0.132. The highest BCUT2D eigenvalue weighted by atomic mass is 16.5. The number of piperidine rings is 1. The molecule has 4 fully saturated rings. The molecule has 4 heterocycles. The molecule has 0 unspecified atom stereocenters. The van der Waals surface area contributed by atoms with E-state index in [0.717, 1.165) is 58.3 Å². The minimum atomic E-state index is -0.928. The highest BCUT2D eigenvalue weighted by Gasteiger charge is 2.41. The molecule has 2 saturated carbocycles. The fraction of sp³-hybridized carbons (Fsp3) is 0.581. The number of fused-ring (bicyclic) bond motifs is 1. The molecule has 1 atom stereocenters. The summed E-state index contributed by atoms with van der Waals surface area (Å²) in [4.78, 5) is 44.5. The number of ether oxygens (including phenoxy) is 3. The number of likely N-dealkylation sites (tertiary alicyclic amines) is 1. The molecule has 1 aromatic heterocycles. The predicted octanol–water partition coefficient (Wildman–Crippen LogP) is 3.10. The van der Waals surface area contributed by atoms with Crippen molar-refractivity contribution in [3.05, 3.63) is 71.0 Å². The summed E-state index contributed by atoms with van der Waals surface area (Å²) in [5, 5.41) is 31.3. The van der Waals surface area contributed by atoms with Crippen LogP contribution in [0.4, 0.5) is 5.69 Å². The van der Waals surface area contributed by atoms with Crippen LogP contribution in [0.25, 0.3) is 0 Å². The summed E-state index contributed by atoms with van der Waals surface area (Å²) in [7, 11) is 0. The molecule has 2 aliphatic carbocycles. The molecular weight excluding hydrogens is 743 g/mol. The molecule has 0 radical (unpaired) electrons. The maximum atomic E-state index is 13.3. The summed E-state index contributed by atoms with van der Waals surface area (Å²) in [5.41, 5.74) is 3.34. The number of hydrogen-bond acceptors (Lipinski definition) is 11. The first-order chi connectivity index (χ1) is 28.2. The van der Waals surface area contributed by atoms with Gasteiger partial charge in [-0.1, -0.05) is 24.3 Å². The third-order valence-electron chi connectivity index (χ3n) is 12.0. The summed E-state index contributed by atoms with van der Waals surface area (Å²) in [5.74, 6) is 0.571. The summed E-state index contributed by atoms with van der Waals surface area (Å²) in [6.07, 6.45) is 8.36. The van der Waals surface area contributed by atoms with Crippen LogP contribution >= 0.6 is 0 Å². The van der Waals surface area contributed by atoms with Crippen LogP contribution in [0.15, 0.2) is 48.7 Å². The number of amides is 3. The largest absolute Gasteiger partial charge is 0.506 e. The second-order valence-corrected chi connectivity index (χ2v) is 16.6. The van der Waals surface area contributed by atoms with Crippen LogP contribution in [-0.2, 0) is 38.6 Å². The molecule has 15 heteroatoms. The fourth-order valence-corrected chi connectivity index (χ4v) is 8.37. The van der Waals surface area contributed by atoms with Crippen LogP contribution in [0.2, 0.25) is 0 Å². The van der Waals surface area contributed by atoms with E-state index in [2.05, 4.69) is 44.9 Å². The van der Waals surface area contributed by atoms with Crippen molar-refractivity contribution in [2.45, 2.75) is 82.2 Å². The molecule has 3 amide bonds. The maximum absolute atomic E-state index is 13.3. The van der Waals surface area contributed by atoms with Crippen LogP contribution in [0.5, 0.6) is 11.5 Å². The number of aliphatic hydroxyl groups is 1. The van der Waals surface area contributed by atoms with Gasteiger partial charge in [0.15, 0.2) is 12.4 Å². The number of nitrogens with zero attached hydrogens (tertiary/aromatic N) is 5. The Kier molecular flexibility index (Phi) is 12.6. The Bertz CT molecular complexity index is 1920. The second kappa shape index (κ2) is 18.2. The number of hydrogen-bond donors (Lipinski definition) is 4. The monoisotopic (exact) mass is 799 g/mol. The van der Waals surface area contributed by atoms with Crippen LogP contribution in [0, 0.1) is 5.92 Å². The molecule has 5 aliphatic rings. The van der Waals surface area contributed by atoms with Gasteiger partial charge < -0.3 is 44.9 Å². The van der Waals surface area contributed by atoms with Gasteiger partial charge in [-0.05, 0) is 80.2 Å². The van der Waals surface area contributed by atoms with Gasteiger partial charge in [-0.15, -0.1) is 0 Å². The van der Waals surface area contributed by atoms with E-state index in [4.69, 9.17) is 14.2 Å². The zero-order valence-electron chi connectivity index (χ0n) is 33.3. The number of phenols is 1. The second-order valence-electron chi connectivity index (χ2n) is 16.6. The van der Waals surface area contributed by atoms with E-state index in [1.807, 2.05) is 26.7 Å². The lowest BCUT2D eigenvalue weighted by Crippen LogP contribution is -2.58. The van der Waals surface area contributed by atoms with Crippen LogP contribution in [0.3, 0.4) is 0 Å². The molecule has 4 N–H and O–H groups in total. The van der Waals surface area contributed by atoms with Crippen molar-refractivity contribution in [3.8, 4) is 11.5 Å². The van der Waals surface area contributed by atoms with Gasteiger partial charge in [0.1, 0.15) is 17.1 Å². The molecule has 2 aromatic carbocycles. The van der Waals surface area contributed by atoms with Gasteiger partial charge in [0, 0.05) is 70.2 Å². The fourth-order valence-electron chi connectivity index (χ4n) is 8.37. The first kappa shape index (κ1) is 40.2. The first-order valence-corrected chi connectivity index (χ1v) is 21.0. The molecule has 58 heavy (non-hydrogen) atoms. The average molecular weight is 800 g/mol. The average Bonchev–Trinajstić information content (AvgIpc) is 4.18. The number of nitrogens with one attached hydrogen (secondary N) is 2. The van der Waals surface area contributed by atoms with Gasteiger partial charge in [-0.2, -0.15) is 5.10 Å². The number of carbonyl (C=O) groups is 3. The van der Waals surface area contributed by atoms with E-state index in [0.29, 0.717) is 69.6 Å². The Hall–Kier alpha value is -4.54. The Labute approximate surface area is 339 Å². The standard InChI is InChI=1S/C43H57N7O8/c51-36-9-8-34(41-40(36)45-38(53)28-57-41)37(52)25-44-15-19-50(33-6-7-33)39(54)12-22-56-21-11-30-2-1-3-32(24-30)26-47-17-13-43(14-18-47)29-48(20-23-58-43)42(55)35-10-16-49(46-35)27-31-4-5-31/h1-3,8-10,16,24,31,33,37,44,51-52H,4-7,11-15,17-23,25-29H2,(H,45,53)/t37-/m0/s1. The quantitative estimate of drug-likeness (QED) is 0.110. The Morgan fingerprint density at radius 1 is 1.07 bits per heavy atom. The maximum Gasteiger partial charge on any atom is 0.274 e. The summed E-state index contributed by atoms with van der Waals surface area (Å²) >= 11 is 0. The van der Waals surface area contributed by atoms with Crippen molar-refractivity contribution in [2.75, 3.05) is 77.6 Å². The number of aliphatic hydroxyl groups excluding tert-OH is 1. The number of rotatable bonds is 18. The lowest BCUT2D eigenvalue weighted by atomic mass is 9.89. The normalized spacial score (nSPS) is 19.7. The van der Waals surface area contributed by atoms with Gasteiger partial charge >= 0.3 is 0 Å². The van der Waals surface area contributed by atoms with Crippen LogP contribution in [-0.4, -0.2) is 136 Å². The Balaban J connectivity index is 0.720. The van der Waals surface area contributed by atoms with Gasteiger partial charge in [-0.3, -0.25) is 24.0 Å². The van der Waals surface area contributed by atoms with Crippen LogP contribution in [0.1, 0.15) is 78.2 Å². The zero-order valence-corrected chi connectivity index (χ0v) is 33.3. The molecule has 1 spiro atoms. The SMILES string of the molecule is O=C1COc2c([C@@H](O)CNCCN(C(=O)CCOCCc3cccc(CN4CCC5(CC4)CN(C(=O)c4ccn(CC6CC6)n4)CCO5)c3)C3CC3)ccc(O)c2N1. The van der Waals surface area contributed by atoms with Crippen molar-refractivity contribution in [3.63, 3.8) is 0 Å². The molecule has 8 rings (SSSR count). The molecule has 312 valence electrons. The highest BCUT2D eigenvalue weighted by Crippen LogP contribution is 2.41. The van der Waals surface area contributed by atoms with Crippen LogP contribution < -0.4 is 15.4 Å². The number of anilines is 1. The van der Waals surface area contributed by atoms with Crippen molar-refractivity contribution in [2.24, 2.45) is 5.92 Å². The number of morpholine rings is 1. The van der Waals surface area contributed by atoms with Crippen molar-refractivity contribution in [1.29, 1.82) is 0 Å². The molecule has 15 nitrogen and oxygen atoms in total. The third kappa shape index (κ3) is 10.2. The van der Waals surface area contributed by atoms with E-state index >= 15 is 0 Å². The van der Waals surface area contributed by atoms with E-state index in [1.54, 1.807) is 6.07 Å².